The van der Waals surface area contributed by atoms with Gasteiger partial charge in [-0.2, -0.15) is 0 Å². The minimum Gasteiger partial charge on any atom is -0.486 e. The standard InChI is InChI=1S/C11H10BrNO2S/c12-10-2-1-9(5-8(10)6-14)15-7-11-13-3-4-16-11/h1-5,14H,6-7H2. The highest BCUT2D eigenvalue weighted by Crippen LogP contribution is 2.23. The third kappa shape index (κ3) is 2.81. The number of hydrogen-bond donors (Lipinski definition) is 1. The molecule has 0 atom stereocenters. The number of halogens is 1. The van der Waals surface area contributed by atoms with Crippen molar-refractivity contribution in [1.29, 1.82) is 0 Å². The lowest BCUT2D eigenvalue weighted by Crippen LogP contribution is -1.95. The summed E-state index contributed by atoms with van der Waals surface area (Å²) in [6.45, 7) is 0.458. The quantitative estimate of drug-likeness (QED) is 0.944. The molecule has 1 aromatic carbocycles. The number of hydrogen-bond acceptors (Lipinski definition) is 4. The van der Waals surface area contributed by atoms with Crippen LogP contribution in [-0.4, -0.2) is 10.1 Å². The summed E-state index contributed by atoms with van der Waals surface area (Å²) >= 11 is 4.92. The number of rotatable bonds is 4. The molecule has 3 nitrogen and oxygen atoms in total. The largest absolute Gasteiger partial charge is 0.486 e. The van der Waals surface area contributed by atoms with Gasteiger partial charge in [-0.3, -0.25) is 0 Å². The molecule has 1 N–H and O–H groups in total. The number of nitrogens with zero attached hydrogens (tertiary/aromatic N) is 1. The number of benzene rings is 1. The zero-order valence-corrected chi connectivity index (χ0v) is 10.8. The SMILES string of the molecule is OCc1cc(OCc2nccs2)ccc1Br. The minimum absolute atomic E-state index is 0.00493. The van der Waals surface area contributed by atoms with Crippen molar-refractivity contribution in [2.24, 2.45) is 0 Å². The average molecular weight is 300 g/mol. The Balaban J connectivity index is 2.04. The maximum Gasteiger partial charge on any atom is 0.140 e. The zero-order chi connectivity index (χ0) is 11.4. The predicted octanol–water partition coefficient (Wildman–Crippen LogP) is 2.98. The maximum absolute atomic E-state index is 9.10. The van der Waals surface area contributed by atoms with Crippen LogP contribution in [0.15, 0.2) is 34.2 Å². The molecular formula is C11H10BrNO2S. The Morgan fingerprint density at radius 3 is 3.00 bits per heavy atom. The summed E-state index contributed by atoms with van der Waals surface area (Å²) in [4.78, 5) is 4.13. The molecule has 0 saturated heterocycles. The van der Waals surface area contributed by atoms with Gasteiger partial charge in [0.25, 0.3) is 0 Å². The predicted molar refractivity (Wildman–Crippen MR) is 66.5 cm³/mol. The highest BCUT2D eigenvalue weighted by Gasteiger charge is 2.02. The van der Waals surface area contributed by atoms with Crippen molar-refractivity contribution >= 4 is 27.3 Å². The van der Waals surface area contributed by atoms with Crippen LogP contribution in [-0.2, 0) is 13.2 Å². The number of aromatic nitrogens is 1. The van der Waals surface area contributed by atoms with E-state index in [2.05, 4.69) is 20.9 Å². The van der Waals surface area contributed by atoms with Gasteiger partial charge in [-0.1, -0.05) is 15.9 Å². The second kappa shape index (κ2) is 5.43. The molecule has 0 saturated carbocycles. The van der Waals surface area contributed by atoms with Gasteiger partial charge >= 0.3 is 0 Å². The average Bonchev–Trinajstić information content (AvgIpc) is 2.81. The van der Waals surface area contributed by atoms with Crippen LogP contribution in [0.4, 0.5) is 0 Å². The maximum atomic E-state index is 9.10. The normalized spacial score (nSPS) is 10.4. The van der Waals surface area contributed by atoms with Gasteiger partial charge in [-0.25, -0.2) is 4.98 Å². The van der Waals surface area contributed by atoms with E-state index in [1.807, 2.05) is 23.6 Å². The summed E-state index contributed by atoms with van der Waals surface area (Å²) in [5.74, 6) is 0.738. The number of thiazole rings is 1. The highest BCUT2D eigenvalue weighted by molar-refractivity contribution is 9.10. The van der Waals surface area contributed by atoms with E-state index < -0.39 is 0 Å². The van der Waals surface area contributed by atoms with Gasteiger partial charge in [0.15, 0.2) is 0 Å². The fourth-order valence-corrected chi connectivity index (χ4v) is 2.13. The van der Waals surface area contributed by atoms with E-state index in [1.165, 1.54) is 0 Å². The molecule has 2 aromatic rings. The minimum atomic E-state index is -0.00493. The summed E-state index contributed by atoms with van der Waals surface area (Å²) < 4.78 is 6.45. The van der Waals surface area contributed by atoms with Crippen LogP contribution in [0.25, 0.3) is 0 Å². The van der Waals surface area contributed by atoms with Crippen molar-refractivity contribution in [2.45, 2.75) is 13.2 Å². The molecule has 84 valence electrons. The first-order chi connectivity index (χ1) is 7.79. The number of aliphatic hydroxyl groups excluding tert-OH is 1. The Kier molecular flexibility index (Phi) is 3.93. The molecule has 0 aliphatic heterocycles. The molecule has 1 heterocycles. The molecule has 0 aliphatic carbocycles. The molecule has 1 aromatic heterocycles. The summed E-state index contributed by atoms with van der Waals surface area (Å²) in [6, 6.07) is 5.54. The van der Waals surface area contributed by atoms with E-state index in [1.54, 1.807) is 17.5 Å². The molecule has 5 heteroatoms. The second-order valence-corrected chi connectivity index (χ2v) is 4.96. The Hall–Kier alpha value is -0.910. The monoisotopic (exact) mass is 299 g/mol. The Labute approximate surface area is 106 Å². The second-order valence-electron chi connectivity index (χ2n) is 3.13. The summed E-state index contributed by atoms with van der Waals surface area (Å²) in [5, 5.41) is 12.0. The molecule has 0 radical (unpaired) electrons. The van der Waals surface area contributed by atoms with Crippen LogP contribution < -0.4 is 4.74 Å². The first-order valence-corrected chi connectivity index (χ1v) is 6.37. The molecule has 0 aliphatic rings. The summed E-state index contributed by atoms with van der Waals surface area (Å²) in [6.07, 6.45) is 1.75. The number of ether oxygens (including phenoxy) is 1. The van der Waals surface area contributed by atoms with Crippen molar-refractivity contribution in [2.75, 3.05) is 0 Å². The third-order valence-electron chi connectivity index (χ3n) is 2.03. The van der Waals surface area contributed by atoms with Crippen molar-refractivity contribution in [3.8, 4) is 5.75 Å². The smallest absolute Gasteiger partial charge is 0.140 e. The summed E-state index contributed by atoms with van der Waals surface area (Å²) in [7, 11) is 0. The fourth-order valence-electron chi connectivity index (χ4n) is 1.23. The van der Waals surface area contributed by atoms with Crippen molar-refractivity contribution in [3.05, 3.63) is 44.8 Å². The van der Waals surface area contributed by atoms with E-state index in [0.29, 0.717) is 6.61 Å². The van der Waals surface area contributed by atoms with E-state index in [9.17, 15) is 0 Å². The highest BCUT2D eigenvalue weighted by atomic mass is 79.9. The molecule has 0 unspecified atom stereocenters. The van der Waals surface area contributed by atoms with E-state index >= 15 is 0 Å². The first kappa shape index (κ1) is 11.6. The molecule has 2 rings (SSSR count). The van der Waals surface area contributed by atoms with Crippen LogP contribution in [0.2, 0.25) is 0 Å². The molecule has 16 heavy (non-hydrogen) atoms. The van der Waals surface area contributed by atoms with E-state index in [4.69, 9.17) is 9.84 Å². The van der Waals surface area contributed by atoms with Crippen LogP contribution in [0.5, 0.6) is 5.75 Å². The Morgan fingerprint density at radius 1 is 1.44 bits per heavy atom. The topological polar surface area (TPSA) is 42.4 Å². The third-order valence-corrected chi connectivity index (χ3v) is 3.56. The Bertz CT molecular complexity index is 459. The van der Waals surface area contributed by atoms with Crippen LogP contribution in [0.3, 0.4) is 0 Å². The van der Waals surface area contributed by atoms with Crippen molar-refractivity contribution in [1.82, 2.24) is 4.98 Å². The lowest BCUT2D eigenvalue weighted by atomic mass is 10.2. The van der Waals surface area contributed by atoms with Gasteiger partial charge in [0.1, 0.15) is 17.4 Å². The van der Waals surface area contributed by atoms with Gasteiger partial charge in [-0.05, 0) is 23.8 Å². The van der Waals surface area contributed by atoms with Gasteiger partial charge in [0.05, 0.1) is 6.61 Å². The fraction of sp³-hybridized carbons (Fsp3) is 0.182. The molecule has 0 spiro atoms. The van der Waals surface area contributed by atoms with Crippen LogP contribution >= 0.6 is 27.3 Å². The zero-order valence-electron chi connectivity index (χ0n) is 8.39. The number of aliphatic hydroxyl groups is 1. The van der Waals surface area contributed by atoms with Gasteiger partial charge in [0.2, 0.25) is 0 Å². The van der Waals surface area contributed by atoms with Gasteiger partial charge in [0, 0.05) is 16.0 Å². The van der Waals surface area contributed by atoms with E-state index in [-0.39, 0.29) is 6.61 Å². The van der Waals surface area contributed by atoms with Gasteiger partial charge in [-0.15, -0.1) is 11.3 Å². The van der Waals surface area contributed by atoms with E-state index in [0.717, 1.165) is 20.8 Å². The molecule has 0 amide bonds. The lowest BCUT2D eigenvalue weighted by molar-refractivity contribution is 0.277. The van der Waals surface area contributed by atoms with Crippen LogP contribution in [0.1, 0.15) is 10.6 Å². The first-order valence-electron chi connectivity index (χ1n) is 4.70. The molecular weight excluding hydrogens is 290 g/mol. The molecule has 0 bridgehead atoms. The van der Waals surface area contributed by atoms with Crippen molar-refractivity contribution < 1.29 is 9.84 Å². The molecule has 0 fully saturated rings. The Morgan fingerprint density at radius 2 is 2.31 bits per heavy atom. The lowest BCUT2D eigenvalue weighted by Gasteiger charge is -2.07. The van der Waals surface area contributed by atoms with Crippen molar-refractivity contribution in [3.63, 3.8) is 0 Å². The van der Waals surface area contributed by atoms with Crippen LogP contribution in [0, 0.1) is 0 Å². The summed E-state index contributed by atoms with van der Waals surface area (Å²) in [5.41, 5.74) is 0.816. The van der Waals surface area contributed by atoms with Gasteiger partial charge < -0.3 is 9.84 Å².